The van der Waals surface area contributed by atoms with Gasteiger partial charge in [-0.05, 0) is 42.7 Å². The smallest absolute Gasteiger partial charge is 0.236 e. The molecule has 1 aliphatic rings. The van der Waals surface area contributed by atoms with Gasteiger partial charge in [0.1, 0.15) is 0 Å². The molecule has 6 heteroatoms. The summed E-state index contributed by atoms with van der Waals surface area (Å²) in [6.07, 6.45) is 2.28. The number of hydrogen-bond acceptors (Lipinski definition) is 3. The lowest BCUT2D eigenvalue weighted by Gasteiger charge is -2.32. The molecule has 1 atom stereocenters. The van der Waals surface area contributed by atoms with E-state index in [4.69, 9.17) is 0 Å². The molecule has 0 aromatic heterocycles. The molecule has 0 saturated heterocycles. The minimum atomic E-state index is -3.52. The van der Waals surface area contributed by atoms with Crippen LogP contribution in [0.2, 0.25) is 0 Å². The van der Waals surface area contributed by atoms with Crippen molar-refractivity contribution in [2.45, 2.75) is 26.0 Å². The number of sulfonamides is 1. The van der Waals surface area contributed by atoms with Gasteiger partial charge < -0.3 is 4.90 Å². The monoisotopic (exact) mass is 384 g/mol. The average molecular weight is 385 g/mol. The molecule has 0 aliphatic carbocycles. The lowest BCUT2D eigenvalue weighted by molar-refractivity contribution is -0.122. The van der Waals surface area contributed by atoms with E-state index in [1.54, 1.807) is 23.1 Å². The number of benzene rings is 2. The number of amides is 1. The van der Waals surface area contributed by atoms with Gasteiger partial charge in [-0.3, -0.25) is 9.52 Å². The number of carbonyl (C=O) groups is 1. The summed E-state index contributed by atoms with van der Waals surface area (Å²) < 4.78 is 27.7. The van der Waals surface area contributed by atoms with Crippen molar-refractivity contribution in [1.82, 2.24) is 0 Å². The summed E-state index contributed by atoms with van der Waals surface area (Å²) in [5, 5.41) is 0. The largest absolute Gasteiger partial charge is 0.308 e. The Morgan fingerprint density at radius 1 is 1.22 bits per heavy atom. The molecule has 27 heavy (non-hydrogen) atoms. The van der Waals surface area contributed by atoms with Crippen LogP contribution in [-0.4, -0.2) is 20.9 Å². The molecule has 5 nitrogen and oxygen atoms in total. The Balaban J connectivity index is 1.82. The first-order chi connectivity index (χ1) is 12.8. The molecular weight excluding hydrogens is 360 g/mol. The van der Waals surface area contributed by atoms with Crippen molar-refractivity contribution in [3.8, 4) is 0 Å². The van der Waals surface area contributed by atoms with E-state index in [-0.39, 0.29) is 17.6 Å². The van der Waals surface area contributed by atoms with E-state index in [0.717, 1.165) is 22.4 Å². The highest BCUT2D eigenvalue weighted by Crippen LogP contribution is 2.33. The molecule has 0 fully saturated rings. The van der Waals surface area contributed by atoms with Crippen LogP contribution in [0.4, 0.5) is 11.4 Å². The van der Waals surface area contributed by atoms with Gasteiger partial charge in [-0.2, -0.15) is 0 Å². The first-order valence-corrected chi connectivity index (χ1v) is 10.6. The highest BCUT2D eigenvalue weighted by Gasteiger charge is 2.29. The number of nitrogens with zero attached hydrogens (tertiary/aromatic N) is 1. The molecule has 1 heterocycles. The van der Waals surface area contributed by atoms with Crippen molar-refractivity contribution in [2.24, 2.45) is 5.92 Å². The molecule has 1 unspecified atom stereocenters. The molecule has 0 radical (unpaired) electrons. The van der Waals surface area contributed by atoms with E-state index < -0.39 is 10.0 Å². The third kappa shape index (κ3) is 4.39. The molecule has 0 spiro atoms. The van der Waals surface area contributed by atoms with E-state index >= 15 is 0 Å². The fourth-order valence-corrected chi connectivity index (χ4v) is 4.50. The minimum Gasteiger partial charge on any atom is -0.308 e. The molecule has 142 valence electrons. The molecule has 2 aromatic carbocycles. The predicted octanol–water partition coefficient (Wildman–Crippen LogP) is 3.65. The van der Waals surface area contributed by atoms with Crippen LogP contribution in [0.1, 0.15) is 23.6 Å². The Labute approximate surface area is 160 Å². The van der Waals surface area contributed by atoms with Crippen molar-refractivity contribution < 1.29 is 13.2 Å². The third-order valence-electron chi connectivity index (χ3n) is 4.65. The van der Waals surface area contributed by atoms with Gasteiger partial charge in [0.05, 0.1) is 5.75 Å². The van der Waals surface area contributed by atoms with Crippen molar-refractivity contribution in [1.29, 1.82) is 0 Å². The summed E-state index contributed by atoms with van der Waals surface area (Å²) in [7, 11) is -3.52. The Bertz CT molecular complexity index is 965. The Morgan fingerprint density at radius 2 is 1.93 bits per heavy atom. The number of nitrogens with one attached hydrogen (secondary N) is 1. The summed E-state index contributed by atoms with van der Waals surface area (Å²) in [6, 6.07) is 12.8. The van der Waals surface area contributed by atoms with Crippen molar-refractivity contribution in [2.75, 3.05) is 16.2 Å². The number of rotatable bonds is 6. The van der Waals surface area contributed by atoms with Crippen LogP contribution >= 0.6 is 0 Å². The number of fused-ring (bicyclic) bond motifs is 1. The van der Waals surface area contributed by atoms with Crippen LogP contribution < -0.4 is 9.62 Å². The Morgan fingerprint density at radius 3 is 2.59 bits per heavy atom. The van der Waals surface area contributed by atoms with Crippen LogP contribution in [0.3, 0.4) is 0 Å². The minimum absolute atomic E-state index is 0.0649. The normalized spacial score (nSPS) is 16.7. The van der Waals surface area contributed by atoms with Crippen LogP contribution in [-0.2, 0) is 27.0 Å². The summed E-state index contributed by atoms with van der Waals surface area (Å²) in [5.41, 5.74) is 4.12. The standard InChI is InChI=1S/C21H24N2O3S/c1-4-11-23-20-10-9-19(13-18(20)12-16(3)21(23)24)22-27(25,26)14-17-7-5-15(2)6-8-17/h4-10,13,16,22H,1,11-12,14H2,2-3H3. The van der Waals surface area contributed by atoms with Gasteiger partial charge in [0, 0.05) is 23.8 Å². The zero-order valence-corrected chi connectivity index (χ0v) is 16.4. The van der Waals surface area contributed by atoms with E-state index in [2.05, 4.69) is 11.3 Å². The fraction of sp³-hybridized carbons (Fsp3) is 0.286. The van der Waals surface area contributed by atoms with Gasteiger partial charge in [-0.25, -0.2) is 8.42 Å². The van der Waals surface area contributed by atoms with Crippen LogP contribution in [0.15, 0.2) is 55.1 Å². The van der Waals surface area contributed by atoms with E-state index in [1.165, 1.54) is 0 Å². The summed E-state index contributed by atoms with van der Waals surface area (Å²) in [6.45, 7) is 8.00. The lowest BCUT2D eigenvalue weighted by atomic mass is 9.92. The van der Waals surface area contributed by atoms with Gasteiger partial charge in [-0.15, -0.1) is 6.58 Å². The second-order valence-corrected chi connectivity index (χ2v) is 8.76. The molecule has 1 aliphatic heterocycles. The predicted molar refractivity (Wildman–Crippen MR) is 109 cm³/mol. The van der Waals surface area contributed by atoms with Gasteiger partial charge in [0.25, 0.3) is 0 Å². The van der Waals surface area contributed by atoms with Gasteiger partial charge >= 0.3 is 0 Å². The number of aryl methyl sites for hydroxylation is 1. The van der Waals surface area contributed by atoms with Crippen LogP contribution in [0, 0.1) is 12.8 Å². The molecule has 1 amide bonds. The Hall–Kier alpha value is -2.60. The first-order valence-electron chi connectivity index (χ1n) is 8.90. The maximum atomic E-state index is 12.5. The van der Waals surface area contributed by atoms with Crippen molar-refractivity contribution >= 4 is 27.3 Å². The second-order valence-electron chi connectivity index (χ2n) is 7.03. The summed E-state index contributed by atoms with van der Waals surface area (Å²) >= 11 is 0. The number of carbonyl (C=O) groups excluding carboxylic acids is 1. The fourth-order valence-electron chi connectivity index (χ4n) is 3.31. The second kappa shape index (κ2) is 7.56. The van der Waals surface area contributed by atoms with Crippen LogP contribution in [0.25, 0.3) is 0 Å². The zero-order valence-electron chi connectivity index (χ0n) is 15.6. The molecule has 2 aromatic rings. The van der Waals surface area contributed by atoms with E-state index in [1.807, 2.05) is 44.2 Å². The highest BCUT2D eigenvalue weighted by atomic mass is 32.2. The molecule has 0 saturated carbocycles. The maximum Gasteiger partial charge on any atom is 0.236 e. The van der Waals surface area contributed by atoms with Gasteiger partial charge in [-0.1, -0.05) is 42.8 Å². The van der Waals surface area contributed by atoms with Crippen molar-refractivity contribution in [3.63, 3.8) is 0 Å². The molecular formula is C21H24N2O3S. The van der Waals surface area contributed by atoms with E-state index in [9.17, 15) is 13.2 Å². The molecule has 3 rings (SSSR count). The van der Waals surface area contributed by atoms with Crippen LogP contribution in [0.5, 0.6) is 0 Å². The summed E-state index contributed by atoms with van der Waals surface area (Å²) in [4.78, 5) is 14.1. The average Bonchev–Trinajstić information content (AvgIpc) is 2.60. The number of hydrogen-bond donors (Lipinski definition) is 1. The quantitative estimate of drug-likeness (QED) is 0.773. The SMILES string of the molecule is C=CCN1C(=O)C(C)Cc2cc(NS(=O)(=O)Cc3ccc(C)cc3)ccc21. The first kappa shape index (κ1) is 19.2. The highest BCUT2D eigenvalue weighted by molar-refractivity contribution is 7.91. The summed E-state index contributed by atoms with van der Waals surface area (Å²) in [5.74, 6) is -0.158. The van der Waals surface area contributed by atoms with E-state index in [0.29, 0.717) is 18.7 Å². The molecule has 1 N–H and O–H groups in total. The maximum absolute atomic E-state index is 12.5. The van der Waals surface area contributed by atoms with Crippen molar-refractivity contribution in [3.05, 3.63) is 71.8 Å². The topological polar surface area (TPSA) is 66.5 Å². The van der Waals surface area contributed by atoms with Gasteiger partial charge in [0.15, 0.2) is 0 Å². The molecule has 0 bridgehead atoms. The van der Waals surface area contributed by atoms with Gasteiger partial charge in [0.2, 0.25) is 15.9 Å². The third-order valence-corrected chi connectivity index (χ3v) is 5.91. The lowest BCUT2D eigenvalue weighted by Crippen LogP contribution is -2.40. The number of anilines is 2. The Kier molecular flexibility index (Phi) is 5.37. The zero-order chi connectivity index (χ0) is 19.6.